The van der Waals surface area contributed by atoms with E-state index in [1.54, 1.807) is 0 Å². The molecule has 0 atom stereocenters. The van der Waals surface area contributed by atoms with Gasteiger partial charge in [0.15, 0.2) is 0 Å². The van der Waals surface area contributed by atoms with Crippen molar-refractivity contribution in [1.82, 2.24) is 0 Å². The van der Waals surface area contributed by atoms with Crippen molar-refractivity contribution >= 4 is 23.7 Å². The number of rotatable bonds is 2. The maximum atomic E-state index is 12.7. The van der Waals surface area contributed by atoms with Crippen molar-refractivity contribution in [2.45, 2.75) is 6.18 Å². The first-order valence-electron chi connectivity index (χ1n) is 3.62. The Labute approximate surface area is 86.8 Å². The number of carbonyl (C=O) groups is 1. The van der Waals surface area contributed by atoms with Crippen LogP contribution in [0, 0.1) is 5.82 Å². The molecule has 82 valence electrons. The first-order chi connectivity index (χ1) is 6.86. The normalized spacial score (nSPS) is 11.3. The number of hydrogen-bond acceptors (Lipinski definition) is 1. The van der Waals surface area contributed by atoms with Gasteiger partial charge in [0, 0.05) is 0 Å². The summed E-state index contributed by atoms with van der Waals surface area (Å²) in [5, 5.41) is 1.14. The molecule has 15 heavy (non-hydrogen) atoms. The van der Waals surface area contributed by atoms with Crippen molar-refractivity contribution in [3.05, 3.63) is 28.5 Å². The summed E-state index contributed by atoms with van der Waals surface area (Å²) < 4.78 is 49.6. The van der Waals surface area contributed by atoms with Crippen LogP contribution in [0.15, 0.2) is 12.1 Å². The Balaban J connectivity index is 3.34. The zero-order chi connectivity index (χ0) is 11.6. The summed E-state index contributed by atoms with van der Waals surface area (Å²) in [5.74, 6) is -1.13. The number of benzene rings is 1. The summed E-state index contributed by atoms with van der Waals surface area (Å²) in [6.45, 7) is 0. The van der Waals surface area contributed by atoms with Gasteiger partial charge in [0.25, 0.3) is 0 Å². The smallest absolute Gasteiger partial charge is 0.327 e. The van der Waals surface area contributed by atoms with Crippen LogP contribution in [0.25, 0.3) is 0 Å². The highest BCUT2D eigenvalue weighted by Gasteiger charge is 2.34. The van der Waals surface area contributed by atoms with Gasteiger partial charge in [-0.2, -0.15) is 13.2 Å². The van der Waals surface area contributed by atoms with Crippen LogP contribution in [0.2, 0.25) is 5.02 Å². The third-order valence-corrected chi connectivity index (χ3v) is 1.96. The molecule has 1 rings (SSSR count). The molecule has 0 radical (unpaired) electrons. The second kappa shape index (κ2) is 4.06. The molecule has 0 saturated carbocycles. The van der Waals surface area contributed by atoms with E-state index in [1.165, 1.54) is 0 Å². The Morgan fingerprint density at radius 2 is 1.93 bits per heavy atom. The Hall–Kier alpha value is -1.30. The summed E-state index contributed by atoms with van der Waals surface area (Å²) in [4.78, 5) is 10.0. The lowest BCUT2D eigenvalue weighted by atomic mass is 10.2. The van der Waals surface area contributed by atoms with Crippen molar-refractivity contribution < 1.29 is 22.4 Å². The number of nitrogens with one attached hydrogen (secondary N) is 1. The van der Waals surface area contributed by atoms with Gasteiger partial charge >= 0.3 is 6.18 Å². The molecule has 1 N–H and O–H groups in total. The highest BCUT2D eigenvalue weighted by atomic mass is 35.5. The fourth-order valence-corrected chi connectivity index (χ4v) is 1.23. The molecule has 0 fully saturated rings. The van der Waals surface area contributed by atoms with Gasteiger partial charge in [0.05, 0.1) is 16.3 Å². The Morgan fingerprint density at radius 3 is 2.40 bits per heavy atom. The molecule has 0 aliphatic rings. The van der Waals surface area contributed by atoms with Crippen molar-refractivity contribution in [3.63, 3.8) is 0 Å². The minimum Gasteiger partial charge on any atom is -0.327 e. The largest absolute Gasteiger partial charge is 0.418 e. The molecule has 0 aliphatic carbocycles. The van der Waals surface area contributed by atoms with Crippen LogP contribution in [-0.2, 0) is 11.0 Å². The Kier molecular flexibility index (Phi) is 3.18. The molecule has 0 aromatic heterocycles. The van der Waals surface area contributed by atoms with E-state index in [9.17, 15) is 22.4 Å². The molecule has 0 saturated heterocycles. The van der Waals surface area contributed by atoms with E-state index < -0.39 is 28.3 Å². The monoisotopic (exact) mass is 241 g/mol. The Bertz CT molecular complexity index is 391. The SMILES string of the molecule is O=CNc1cc(F)cc(C(F)(F)F)c1Cl. The summed E-state index contributed by atoms with van der Waals surface area (Å²) in [5.41, 5.74) is -1.74. The van der Waals surface area contributed by atoms with Gasteiger partial charge in [0.1, 0.15) is 5.82 Å². The van der Waals surface area contributed by atoms with E-state index in [0.29, 0.717) is 6.07 Å². The van der Waals surface area contributed by atoms with Crippen molar-refractivity contribution in [2.24, 2.45) is 0 Å². The fraction of sp³-hybridized carbons (Fsp3) is 0.125. The second-order valence-electron chi connectivity index (χ2n) is 2.57. The molecule has 0 aliphatic heterocycles. The van der Waals surface area contributed by atoms with Crippen LogP contribution in [0.4, 0.5) is 23.2 Å². The van der Waals surface area contributed by atoms with Gasteiger partial charge in [-0.3, -0.25) is 4.79 Å². The predicted octanol–water partition coefficient (Wildman–Crippen LogP) is 3.07. The predicted molar refractivity (Wildman–Crippen MR) is 46.1 cm³/mol. The minimum absolute atomic E-state index is 0.112. The molecule has 0 heterocycles. The lowest BCUT2D eigenvalue weighted by molar-refractivity contribution is -0.137. The number of anilines is 1. The minimum atomic E-state index is -4.77. The molecule has 2 nitrogen and oxygen atoms in total. The lowest BCUT2D eigenvalue weighted by Gasteiger charge is -2.11. The standard InChI is InChI=1S/C8H4ClF4NO/c9-7-5(8(11,12)13)1-4(10)2-6(7)14-3-15/h1-3H,(H,14,15). The lowest BCUT2D eigenvalue weighted by Crippen LogP contribution is -2.08. The van der Waals surface area contributed by atoms with Crippen LogP contribution >= 0.6 is 11.6 Å². The average molecular weight is 242 g/mol. The van der Waals surface area contributed by atoms with E-state index in [-0.39, 0.29) is 12.5 Å². The van der Waals surface area contributed by atoms with Crippen LogP contribution in [0.3, 0.4) is 0 Å². The molecule has 0 spiro atoms. The van der Waals surface area contributed by atoms with Gasteiger partial charge < -0.3 is 5.32 Å². The molecule has 7 heteroatoms. The highest BCUT2D eigenvalue weighted by molar-refractivity contribution is 6.34. The average Bonchev–Trinajstić information content (AvgIpc) is 2.09. The second-order valence-corrected chi connectivity index (χ2v) is 2.95. The van der Waals surface area contributed by atoms with Gasteiger partial charge in [-0.25, -0.2) is 4.39 Å². The molecular formula is C8H4ClF4NO. The highest BCUT2D eigenvalue weighted by Crippen LogP contribution is 2.38. The third-order valence-electron chi connectivity index (χ3n) is 1.56. The number of alkyl halides is 3. The zero-order valence-electron chi connectivity index (χ0n) is 7.03. The number of amides is 1. The zero-order valence-corrected chi connectivity index (χ0v) is 7.79. The van der Waals surface area contributed by atoms with E-state index in [0.717, 1.165) is 0 Å². The van der Waals surface area contributed by atoms with E-state index in [1.807, 2.05) is 5.32 Å². The summed E-state index contributed by atoms with van der Waals surface area (Å²) in [6.07, 6.45) is -4.65. The van der Waals surface area contributed by atoms with Crippen molar-refractivity contribution in [2.75, 3.05) is 5.32 Å². The molecule has 0 bridgehead atoms. The topological polar surface area (TPSA) is 29.1 Å². The van der Waals surface area contributed by atoms with E-state index >= 15 is 0 Å². The van der Waals surface area contributed by atoms with Crippen molar-refractivity contribution in [1.29, 1.82) is 0 Å². The van der Waals surface area contributed by atoms with E-state index in [2.05, 4.69) is 0 Å². The fourth-order valence-electron chi connectivity index (χ4n) is 0.964. The van der Waals surface area contributed by atoms with Gasteiger partial charge in [-0.05, 0) is 12.1 Å². The number of carbonyl (C=O) groups excluding carboxylic acids is 1. The molecule has 1 aromatic rings. The van der Waals surface area contributed by atoms with Crippen LogP contribution in [0.1, 0.15) is 5.56 Å². The number of halogens is 5. The maximum Gasteiger partial charge on any atom is 0.418 e. The summed E-state index contributed by atoms with van der Waals surface area (Å²) in [6, 6.07) is 0.963. The molecular weight excluding hydrogens is 238 g/mol. The van der Waals surface area contributed by atoms with Crippen LogP contribution < -0.4 is 5.32 Å². The quantitative estimate of drug-likeness (QED) is 0.626. The van der Waals surface area contributed by atoms with Crippen LogP contribution in [0.5, 0.6) is 0 Å². The first-order valence-corrected chi connectivity index (χ1v) is 4.00. The van der Waals surface area contributed by atoms with Crippen LogP contribution in [-0.4, -0.2) is 6.41 Å². The molecule has 0 unspecified atom stereocenters. The number of hydrogen-bond donors (Lipinski definition) is 1. The summed E-state index contributed by atoms with van der Waals surface area (Å²) >= 11 is 5.34. The third kappa shape index (κ3) is 2.59. The van der Waals surface area contributed by atoms with Crippen molar-refractivity contribution in [3.8, 4) is 0 Å². The van der Waals surface area contributed by atoms with Gasteiger partial charge in [-0.15, -0.1) is 0 Å². The maximum absolute atomic E-state index is 12.7. The van der Waals surface area contributed by atoms with E-state index in [4.69, 9.17) is 11.6 Å². The van der Waals surface area contributed by atoms with Gasteiger partial charge in [0.2, 0.25) is 6.41 Å². The first kappa shape index (κ1) is 11.8. The Morgan fingerprint density at radius 1 is 1.33 bits per heavy atom. The molecule has 1 aromatic carbocycles. The van der Waals surface area contributed by atoms with Gasteiger partial charge in [-0.1, -0.05) is 11.6 Å². The summed E-state index contributed by atoms with van der Waals surface area (Å²) in [7, 11) is 0. The molecule has 1 amide bonds.